The van der Waals surface area contributed by atoms with Gasteiger partial charge < -0.3 is 0 Å². The van der Waals surface area contributed by atoms with Gasteiger partial charge in [0.15, 0.2) is 0 Å². The van der Waals surface area contributed by atoms with Crippen LogP contribution in [0.4, 0.5) is 0 Å². The highest BCUT2D eigenvalue weighted by Gasteiger charge is 2.26. The molecule has 6 heteroatoms. The van der Waals surface area contributed by atoms with Crippen molar-refractivity contribution in [3.63, 3.8) is 0 Å². The molecule has 0 fully saturated rings. The van der Waals surface area contributed by atoms with Crippen molar-refractivity contribution in [1.29, 1.82) is 0 Å². The van der Waals surface area contributed by atoms with E-state index in [1.54, 1.807) is 0 Å². The van der Waals surface area contributed by atoms with E-state index in [2.05, 4.69) is 305 Å². The van der Waals surface area contributed by atoms with Crippen LogP contribution in [0.15, 0.2) is 291 Å². The SMILES string of the molecule is c1ccc(-c2c3ccccc3c(-c3nc4ccccc4n3-c3ccccc3)c3ccccc23)cc1.c1ccc(-n2c(-c3c4ccccc4c(-c4nc5ccccc5n4-c4ccccc4)c4ccccc34)nc3ccccc32)cc1. The number of imidazole rings is 3. The molecule has 0 amide bonds. The molecule has 0 aliphatic carbocycles. The lowest BCUT2D eigenvalue weighted by molar-refractivity contribution is 1.10. The van der Waals surface area contributed by atoms with E-state index in [-0.39, 0.29) is 0 Å². The summed E-state index contributed by atoms with van der Waals surface area (Å²) in [6, 6.07) is 102. The number of nitrogens with zero attached hydrogens (tertiary/aromatic N) is 6. The van der Waals surface area contributed by atoms with E-state index in [9.17, 15) is 0 Å². The van der Waals surface area contributed by atoms with Crippen LogP contribution in [0.25, 0.3) is 139 Å². The van der Waals surface area contributed by atoms with Gasteiger partial charge in [-0.2, -0.15) is 0 Å². The zero-order chi connectivity index (χ0) is 52.2. The second kappa shape index (κ2) is 19.2. The molecule has 79 heavy (non-hydrogen) atoms. The van der Waals surface area contributed by atoms with Crippen molar-refractivity contribution in [2.24, 2.45) is 0 Å². The van der Waals surface area contributed by atoms with Crippen molar-refractivity contribution in [1.82, 2.24) is 28.7 Å². The van der Waals surface area contributed by atoms with Gasteiger partial charge in [0.25, 0.3) is 0 Å². The van der Waals surface area contributed by atoms with Gasteiger partial charge in [0.2, 0.25) is 0 Å². The van der Waals surface area contributed by atoms with Gasteiger partial charge >= 0.3 is 0 Å². The molecule has 0 unspecified atom stereocenters. The Labute approximate surface area is 456 Å². The minimum atomic E-state index is 0.924. The van der Waals surface area contributed by atoms with E-state index in [1.807, 2.05) is 0 Å². The molecule has 0 radical (unpaired) electrons. The first kappa shape index (κ1) is 45.7. The van der Waals surface area contributed by atoms with Crippen LogP contribution >= 0.6 is 0 Å². The highest BCUT2D eigenvalue weighted by Crippen LogP contribution is 2.47. The molecule has 16 rings (SSSR count). The Hall–Kier alpha value is -10.7. The highest BCUT2D eigenvalue weighted by molar-refractivity contribution is 6.22. The molecule has 13 aromatic carbocycles. The lowest BCUT2D eigenvalue weighted by Crippen LogP contribution is -2.01. The van der Waals surface area contributed by atoms with Crippen LogP contribution in [0.2, 0.25) is 0 Å². The minimum Gasteiger partial charge on any atom is -0.292 e. The van der Waals surface area contributed by atoms with Crippen LogP contribution in [-0.2, 0) is 0 Å². The number of hydrogen-bond donors (Lipinski definition) is 0. The first-order valence-electron chi connectivity index (χ1n) is 26.8. The standard InChI is InChI=1S/C40H26N4.C33H22N2/c1-3-15-27(16-4-1)43-35-25-13-11-23-33(35)41-39(43)37-29-19-7-9-21-31(29)38(32-22-10-8-20-30(32)37)40-42-34-24-12-14-26-36(34)44(40)28-17-5-2-6-18-28;1-3-13-23(14-4-1)31-25-17-7-9-19-27(25)32(28-20-10-8-18-26(28)31)33-34-29-21-11-12-22-30(29)35(33)24-15-5-2-6-16-24/h1-26H;1-22H. The van der Waals surface area contributed by atoms with Crippen LogP contribution in [0.1, 0.15) is 0 Å². The summed E-state index contributed by atoms with van der Waals surface area (Å²) in [5.41, 5.74) is 15.3. The van der Waals surface area contributed by atoms with Gasteiger partial charge in [0.05, 0.1) is 33.1 Å². The van der Waals surface area contributed by atoms with Gasteiger partial charge in [-0.3, -0.25) is 13.7 Å². The van der Waals surface area contributed by atoms with Crippen molar-refractivity contribution >= 4 is 76.2 Å². The zero-order valence-corrected chi connectivity index (χ0v) is 42.9. The van der Waals surface area contributed by atoms with E-state index in [0.717, 1.165) is 106 Å². The first-order valence-corrected chi connectivity index (χ1v) is 26.8. The van der Waals surface area contributed by atoms with Crippen molar-refractivity contribution in [2.45, 2.75) is 0 Å². The molecule has 0 saturated carbocycles. The monoisotopic (exact) mass is 1010 g/mol. The van der Waals surface area contributed by atoms with Gasteiger partial charge in [-0.25, -0.2) is 15.0 Å². The Morgan fingerprint density at radius 2 is 0.405 bits per heavy atom. The number of para-hydroxylation sites is 9. The molecule has 3 aromatic heterocycles. The fraction of sp³-hybridized carbons (Fsp3) is 0. The molecule has 0 atom stereocenters. The van der Waals surface area contributed by atoms with E-state index in [1.165, 1.54) is 32.7 Å². The van der Waals surface area contributed by atoms with Gasteiger partial charge in [-0.15, -0.1) is 0 Å². The second-order valence-corrected chi connectivity index (χ2v) is 19.8. The van der Waals surface area contributed by atoms with Crippen LogP contribution in [0, 0.1) is 0 Å². The average molecular weight is 1010 g/mol. The maximum Gasteiger partial charge on any atom is 0.146 e. The third kappa shape index (κ3) is 7.60. The lowest BCUT2D eigenvalue weighted by atomic mass is 9.88. The topological polar surface area (TPSA) is 53.5 Å². The Bertz CT molecular complexity index is 4650. The Balaban J connectivity index is 0.000000141. The molecular weight excluding hydrogens is 961 g/mol. The van der Waals surface area contributed by atoms with E-state index >= 15 is 0 Å². The molecule has 0 aliphatic heterocycles. The highest BCUT2D eigenvalue weighted by atomic mass is 15.1. The van der Waals surface area contributed by atoms with Crippen molar-refractivity contribution in [2.75, 3.05) is 0 Å². The van der Waals surface area contributed by atoms with Gasteiger partial charge in [0.1, 0.15) is 17.5 Å². The third-order valence-electron chi connectivity index (χ3n) is 15.3. The molecule has 0 aliphatic rings. The smallest absolute Gasteiger partial charge is 0.146 e. The summed E-state index contributed by atoms with van der Waals surface area (Å²) in [7, 11) is 0. The number of benzene rings is 13. The predicted octanol–water partition coefficient (Wildman–Crippen LogP) is 18.7. The molecule has 16 aromatic rings. The van der Waals surface area contributed by atoms with Crippen LogP contribution in [0.3, 0.4) is 0 Å². The zero-order valence-electron chi connectivity index (χ0n) is 42.9. The number of rotatable bonds is 7. The van der Waals surface area contributed by atoms with E-state index in [0.29, 0.717) is 0 Å². The summed E-state index contributed by atoms with van der Waals surface area (Å²) in [4.78, 5) is 15.8. The molecule has 0 spiro atoms. The number of hydrogen-bond acceptors (Lipinski definition) is 3. The molecule has 3 heterocycles. The molecule has 0 N–H and O–H groups in total. The molecule has 370 valence electrons. The van der Waals surface area contributed by atoms with Crippen molar-refractivity contribution < 1.29 is 0 Å². The minimum absolute atomic E-state index is 0.924. The summed E-state index contributed by atoms with van der Waals surface area (Å²) < 4.78 is 6.89. The Morgan fingerprint density at radius 3 is 0.684 bits per heavy atom. The van der Waals surface area contributed by atoms with Gasteiger partial charge in [0, 0.05) is 33.8 Å². The summed E-state index contributed by atoms with van der Waals surface area (Å²) in [6.45, 7) is 0. The Morgan fingerprint density at radius 1 is 0.190 bits per heavy atom. The third-order valence-corrected chi connectivity index (χ3v) is 15.3. The fourth-order valence-electron chi connectivity index (χ4n) is 12.0. The van der Waals surface area contributed by atoms with Crippen LogP contribution < -0.4 is 0 Å². The molecule has 0 bridgehead atoms. The molecule has 6 nitrogen and oxygen atoms in total. The van der Waals surface area contributed by atoms with Gasteiger partial charge in [-0.1, -0.05) is 218 Å². The fourth-order valence-corrected chi connectivity index (χ4v) is 12.0. The van der Waals surface area contributed by atoms with E-state index in [4.69, 9.17) is 15.0 Å². The Kier molecular flexibility index (Phi) is 11.1. The number of fused-ring (bicyclic) bond motifs is 7. The maximum absolute atomic E-state index is 5.30. The first-order chi connectivity index (χ1) is 39.3. The second-order valence-electron chi connectivity index (χ2n) is 19.8. The van der Waals surface area contributed by atoms with Crippen molar-refractivity contribution in [3.8, 4) is 62.4 Å². The number of aromatic nitrogens is 6. The van der Waals surface area contributed by atoms with Crippen LogP contribution in [-0.4, -0.2) is 28.7 Å². The maximum atomic E-state index is 5.30. The normalized spacial score (nSPS) is 11.5. The molecular formula is C73H48N6. The average Bonchev–Trinajstić information content (AvgIpc) is 4.29. The molecule has 0 saturated heterocycles. The van der Waals surface area contributed by atoms with Crippen LogP contribution in [0.5, 0.6) is 0 Å². The quantitative estimate of drug-likeness (QED) is 0.150. The summed E-state index contributed by atoms with van der Waals surface area (Å²) >= 11 is 0. The van der Waals surface area contributed by atoms with Gasteiger partial charge in [-0.05, 0) is 127 Å². The summed E-state index contributed by atoms with van der Waals surface area (Å²) in [5, 5.41) is 9.44. The largest absolute Gasteiger partial charge is 0.292 e. The van der Waals surface area contributed by atoms with E-state index < -0.39 is 0 Å². The summed E-state index contributed by atoms with van der Waals surface area (Å²) in [6.07, 6.45) is 0. The predicted molar refractivity (Wildman–Crippen MR) is 329 cm³/mol. The van der Waals surface area contributed by atoms with Crippen molar-refractivity contribution in [3.05, 3.63) is 291 Å². The summed E-state index contributed by atoms with van der Waals surface area (Å²) in [5.74, 6) is 2.81. The lowest BCUT2D eigenvalue weighted by Gasteiger charge is -2.19.